The number of aromatic nitrogens is 1. The van der Waals surface area contributed by atoms with E-state index < -0.39 is 0 Å². The molecule has 24 heavy (non-hydrogen) atoms. The highest BCUT2D eigenvalue weighted by atomic mass is 14.7. The Labute approximate surface area is 142 Å². The number of nitrogens with zero attached hydrogens (tertiary/aromatic N) is 1. The monoisotopic (exact) mass is 307 g/mol. The van der Waals surface area contributed by atoms with Crippen LogP contribution in [0.25, 0.3) is 33.5 Å². The predicted octanol–water partition coefficient (Wildman–Crippen LogP) is 6.08. The van der Waals surface area contributed by atoms with Gasteiger partial charge in [0.25, 0.3) is 0 Å². The second-order valence-electron chi connectivity index (χ2n) is 5.72. The van der Waals surface area contributed by atoms with Crippen molar-refractivity contribution in [2.45, 2.75) is 0 Å². The van der Waals surface area contributed by atoms with Gasteiger partial charge in [-0.25, -0.2) is 0 Å². The van der Waals surface area contributed by atoms with Crippen LogP contribution in [0.3, 0.4) is 0 Å². The molecule has 0 aliphatic carbocycles. The van der Waals surface area contributed by atoms with Crippen molar-refractivity contribution in [2.75, 3.05) is 0 Å². The molecule has 114 valence electrons. The van der Waals surface area contributed by atoms with E-state index in [2.05, 4.69) is 78.9 Å². The van der Waals surface area contributed by atoms with Crippen molar-refractivity contribution in [1.29, 1.82) is 0 Å². The van der Waals surface area contributed by atoms with Crippen molar-refractivity contribution in [3.8, 4) is 33.5 Å². The van der Waals surface area contributed by atoms with Gasteiger partial charge in [-0.3, -0.25) is 4.98 Å². The lowest BCUT2D eigenvalue weighted by atomic mass is 9.96. The summed E-state index contributed by atoms with van der Waals surface area (Å²) in [5.74, 6) is 0. The van der Waals surface area contributed by atoms with Crippen LogP contribution in [-0.2, 0) is 0 Å². The molecule has 0 aliphatic heterocycles. The molecule has 1 heteroatoms. The Morgan fingerprint density at radius 3 is 1.54 bits per heavy atom. The average Bonchev–Trinajstić information content (AvgIpc) is 2.69. The van der Waals surface area contributed by atoms with Crippen LogP contribution in [-0.4, -0.2) is 4.98 Å². The highest BCUT2D eigenvalue weighted by Gasteiger charge is 2.10. The maximum atomic E-state index is 4.80. The number of hydrogen-bond acceptors (Lipinski definition) is 1. The molecule has 0 N–H and O–H groups in total. The van der Waals surface area contributed by atoms with Crippen LogP contribution in [0.2, 0.25) is 0 Å². The van der Waals surface area contributed by atoms with Crippen LogP contribution < -0.4 is 0 Å². The van der Waals surface area contributed by atoms with Crippen LogP contribution in [0.1, 0.15) is 0 Å². The summed E-state index contributed by atoms with van der Waals surface area (Å²) in [4.78, 5) is 4.80. The standard InChI is InChI=1S/C23H17N/c1-4-10-18(11-5-1)21-16-22(19-12-6-2-7-13-19)23(24-17-21)20-14-8-3-9-15-20/h1-17H. The molecule has 0 saturated carbocycles. The van der Waals surface area contributed by atoms with Gasteiger partial charge in [-0.2, -0.15) is 0 Å². The molecule has 4 rings (SSSR count). The first kappa shape index (κ1) is 14.4. The highest BCUT2D eigenvalue weighted by molar-refractivity contribution is 5.84. The molecular formula is C23H17N. The average molecular weight is 307 g/mol. The van der Waals surface area contributed by atoms with E-state index in [1.165, 1.54) is 11.1 Å². The quantitative estimate of drug-likeness (QED) is 0.447. The highest BCUT2D eigenvalue weighted by Crippen LogP contribution is 2.33. The fourth-order valence-electron chi connectivity index (χ4n) is 2.92. The summed E-state index contributed by atoms with van der Waals surface area (Å²) in [7, 11) is 0. The third-order valence-electron chi connectivity index (χ3n) is 4.13. The second-order valence-corrected chi connectivity index (χ2v) is 5.72. The zero-order valence-corrected chi connectivity index (χ0v) is 13.3. The molecule has 1 aromatic heterocycles. The zero-order valence-electron chi connectivity index (χ0n) is 13.3. The Kier molecular flexibility index (Phi) is 3.91. The Hall–Kier alpha value is -3.19. The third kappa shape index (κ3) is 2.84. The molecular weight excluding hydrogens is 290 g/mol. The molecule has 1 nitrogen and oxygen atoms in total. The molecule has 0 spiro atoms. The van der Waals surface area contributed by atoms with Crippen molar-refractivity contribution in [3.63, 3.8) is 0 Å². The first-order valence-corrected chi connectivity index (χ1v) is 8.08. The van der Waals surface area contributed by atoms with E-state index in [0.717, 1.165) is 22.4 Å². The van der Waals surface area contributed by atoms with Crippen LogP contribution >= 0.6 is 0 Å². The Bertz CT molecular complexity index is 929. The van der Waals surface area contributed by atoms with Gasteiger partial charge in [0.1, 0.15) is 0 Å². The van der Waals surface area contributed by atoms with E-state index in [1.807, 2.05) is 24.4 Å². The maximum absolute atomic E-state index is 4.80. The molecule has 0 radical (unpaired) electrons. The van der Waals surface area contributed by atoms with Crippen molar-refractivity contribution in [3.05, 3.63) is 103 Å². The minimum absolute atomic E-state index is 1.02. The maximum Gasteiger partial charge on any atom is 0.0780 e. The number of hydrogen-bond donors (Lipinski definition) is 0. The lowest BCUT2D eigenvalue weighted by Crippen LogP contribution is -1.91. The van der Waals surface area contributed by atoms with Gasteiger partial charge in [-0.1, -0.05) is 91.0 Å². The van der Waals surface area contributed by atoms with Gasteiger partial charge in [0.2, 0.25) is 0 Å². The fourth-order valence-corrected chi connectivity index (χ4v) is 2.92. The van der Waals surface area contributed by atoms with E-state index in [9.17, 15) is 0 Å². The van der Waals surface area contributed by atoms with E-state index in [1.54, 1.807) is 0 Å². The molecule has 0 atom stereocenters. The SMILES string of the molecule is c1ccc(-c2cnc(-c3ccccc3)c(-c3ccccc3)c2)cc1. The van der Waals surface area contributed by atoms with E-state index in [-0.39, 0.29) is 0 Å². The van der Waals surface area contributed by atoms with Gasteiger partial charge < -0.3 is 0 Å². The summed E-state index contributed by atoms with van der Waals surface area (Å²) < 4.78 is 0. The minimum atomic E-state index is 1.02. The Balaban J connectivity index is 1.92. The van der Waals surface area contributed by atoms with Gasteiger partial charge in [-0.15, -0.1) is 0 Å². The number of pyridine rings is 1. The van der Waals surface area contributed by atoms with Gasteiger partial charge >= 0.3 is 0 Å². The summed E-state index contributed by atoms with van der Waals surface area (Å²) in [5, 5.41) is 0. The molecule has 4 aromatic rings. The van der Waals surface area contributed by atoms with E-state index in [0.29, 0.717) is 0 Å². The summed E-state index contributed by atoms with van der Waals surface area (Å²) in [6, 6.07) is 33.4. The minimum Gasteiger partial charge on any atom is -0.255 e. The summed E-state index contributed by atoms with van der Waals surface area (Å²) >= 11 is 0. The molecule has 3 aromatic carbocycles. The van der Waals surface area contributed by atoms with Gasteiger partial charge in [0.15, 0.2) is 0 Å². The Morgan fingerprint density at radius 2 is 0.958 bits per heavy atom. The molecule has 0 unspecified atom stereocenters. The number of benzene rings is 3. The molecule has 1 heterocycles. The summed E-state index contributed by atoms with van der Waals surface area (Å²) in [5.41, 5.74) is 6.80. The predicted molar refractivity (Wildman–Crippen MR) is 101 cm³/mol. The van der Waals surface area contributed by atoms with Crippen molar-refractivity contribution < 1.29 is 0 Å². The third-order valence-corrected chi connectivity index (χ3v) is 4.13. The lowest BCUT2D eigenvalue weighted by molar-refractivity contribution is 1.32. The molecule has 0 fully saturated rings. The first-order chi connectivity index (χ1) is 11.9. The van der Waals surface area contributed by atoms with Crippen LogP contribution in [0.5, 0.6) is 0 Å². The van der Waals surface area contributed by atoms with Crippen LogP contribution in [0.4, 0.5) is 0 Å². The Morgan fingerprint density at radius 1 is 0.458 bits per heavy atom. The van der Waals surface area contributed by atoms with Crippen LogP contribution in [0, 0.1) is 0 Å². The van der Waals surface area contributed by atoms with Crippen LogP contribution in [0.15, 0.2) is 103 Å². The summed E-state index contributed by atoms with van der Waals surface area (Å²) in [6.07, 6.45) is 1.96. The zero-order chi connectivity index (χ0) is 16.2. The topological polar surface area (TPSA) is 12.9 Å². The lowest BCUT2D eigenvalue weighted by Gasteiger charge is -2.12. The largest absolute Gasteiger partial charge is 0.255 e. The van der Waals surface area contributed by atoms with Gasteiger partial charge in [-0.05, 0) is 17.2 Å². The van der Waals surface area contributed by atoms with Crippen molar-refractivity contribution in [1.82, 2.24) is 4.98 Å². The van der Waals surface area contributed by atoms with Gasteiger partial charge in [0, 0.05) is 22.9 Å². The fraction of sp³-hybridized carbons (Fsp3) is 0. The smallest absolute Gasteiger partial charge is 0.0780 e. The van der Waals surface area contributed by atoms with Gasteiger partial charge in [0.05, 0.1) is 5.69 Å². The molecule has 0 aliphatic rings. The normalized spacial score (nSPS) is 10.5. The van der Waals surface area contributed by atoms with Crippen molar-refractivity contribution >= 4 is 0 Å². The first-order valence-electron chi connectivity index (χ1n) is 8.08. The molecule has 0 saturated heterocycles. The molecule has 0 bridgehead atoms. The van der Waals surface area contributed by atoms with Crippen molar-refractivity contribution in [2.24, 2.45) is 0 Å². The van der Waals surface area contributed by atoms with E-state index >= 15 is 0 Å². The second kappa shape index (κ2) is 6.51. The summed E-state index contributed by atoms with van der Waals surface area (Å²) in [6.45, 7) is 0. The van der Waals surface area contributed by atoms with E-state index in [4.69, 9.17) is 4.98 Å². The number of rotatable bonds is 3. The molecule has 0 amide bonds.